The van der Waals surface area contributed by atoms with Gasteiger partial charge >= 0.3 is 0 Å². The number of halogens is 2. The second-order valence-corrected chi connectivity index (χ2v) is 7.05. The van der Waals surface area contributed by atoms with Crippen LogP contribution in [0.1, 0.15) is 62.7 Å². The van der Waals surface area contributed by atoms with Crippen molar-refractivity contribution in [3.05, 3.63) is 59.7 Å². The summed E-state index contributed by atoms with van der Waals surface area (Å²) in [6.45, 7) is 6.36. The van der Waals surface area contributed by atoms with Gasteiger partial charge in [-0.15, -0.1) is 24.8 Å². The molecule has 0 saturated heterocycles. The maximum atomic E-state index is 5.70. The lowest BCUT2D eigenvalue weighted by Crippen LogP contribution is -2.37. The zero-order valence-electron chi connectivity index (χ0n) is 18.6. The Bertz CT molecular complexity index is 641. The number of rotatable bonds is 13. The van der Waals surface area contributed by atoms with Gasteiger partial charge < -0.3 is 20.1 Å². The molecule has 30 heavy (non-hydrogen) atoms. The molecule has 0 saturated carbocycles. The zero-order valence-corrected chi connectivity index (χ0v) is 20.3. The van der Waals surface area contributed by atoms with Crippen molar-refractivity contribution in [1.29, 1.82) is 0 Å². The van der Waals surface area contributed by atoms with Crippen LogP contribution < -0.4 is 20.1 Å². The van der Waals surface area contributed by atoms with Gasteiger partial charge in [0.25, 0.3) is 0 Å². The first-order chi connectivity index (χ1) is 13.8. The molecule has 170 valence electrons. The summed E-state index contributed by atoms with van der Waals surface area (Å²) in [7, 11) is 3.48. The molecule has 2 N–H and O–H groups in total. The molecule has 0 fully saturated rings. The van der Waals surface area contributed by atoms with E-state index in [4.69, 9.17) is 9.47 Å². The number of methoxy groups -OCH3 is 2. The molecule has 0 aliphatic heterocycles. The summed E-state index contributed by atoms with van der Waals surface area (Å²) in [5.74, 6) is 1.82. The van der Waals surface area contributed by atoms with Crippen molar-refractivity contribution in [2.24, 2.45) is 0 Å². The van der Waals surface area contributed by atoms with Crippen LogP contribution >= 0.6 is 24.8 Å². The SMILES string of the molecule is CCCCNC(c1ccccc1OC)C(NCCCC)c1ccccc1OC.Cl.Cl. The van der Waals surface area contributed by atoms with E-state index in [-0.39, 0.29) is 36.9 Å². The Kier molecular flexibility index (Phi) is 15.5. The van der Waals surface area contributed by atoms with E-state index in [2.05, 4.69) is 48.7 Å². The first kappa shape index (κ1) is 28.5. The van der Waals surface area contributed by atoms with Crippen molar-refractivity contribution >= 4 is 24.8 Å². The molecule has 0 amide bonds. The Labute approximate surface area is 195 Å². The fourth-order valence-electron chi connectivity index (χ4n) is 3.53. The lowest BCUT2D eigenvalue weighted by atomic mass is 9.91. The Morgan fingerprint density at radius 1 is 0.667 bits per heavy atom. The first-order valence-electron chi connectivity index (χ1n) is 10.5. The van der Waals surface area contributed by atoms with Crippen LogP contribution in [0.4, 0.5) is 0 Å². The van der Waals surface area contributed by atoms with Crippen LogP contribution in [0, 0.1) is 0 Å². The molecule has 2 aromatic rings. The summed E-state index contributed by atoms with van der Waals surface area (Å²) in [6, 6.07) is 16.8. The maximum absolute atomic E-state index is 5.70. The normalized spacial score (nSPS) is 12.3. The topological polar surface area (TPSA) is 42.5 Å². The molecule has 0 heterocycles. The predicted octanol–water partition coefficient (Wildman–Crippen LogP) is 6.11. The van der Waals surface area contributed by atoms with Gasteiger partial charge in [0.05, 0.1) is 26.3 Å². The number of benzene rings is 2. The fraction of sp³-hybridized carbons (Fsp3) is 0.500. The monoisotopic (exact) mass is 456 g/mol. The second kappa shape index (κ2) is 16.3. The summed E-state index contributed by atoms with van der Waals surface area (Å²) in [6.07, 6.45) is 4.60. The van der Waals surface area contributed by atoms with Crippen LogP contribution in [0.2, 0.25) is 0 Å². The molecular formula is C24H38Cl2N2O2. The number of hydrogen-bond donors (Lipinski definition) is 2. The average molecular weight is 457 g/mol. The van der Waals surface area contributed by atoms with Crippen molar-refractivity contribution in [3.8, 4) is 11.5 Å². The molecule has 0 aromatic heterocycles. The highest BCUT2D eigenvalue weighted by Gasteiger charge is 2.28. The minimum atomic E-state index is 0. The summed E-state index contributed by atoms with van der Waals surface area (Å²) >= 11 is 0. The van der Waals surface area contributed by atoms with Crippen LogP contribution in [-0.4, -0.2) is 27.3 Å². The van der Waals surface area contributed by atoms with Crippen LogP contribution in [0.5, 0.6) is 11.5 Å². The van der Waals surface area contributed by atoms with Crippen molar-refractivity contribution in [3.63, 3.8) is 0 Å². The number of para-hydroxylation sites is 2. The molecular weight excluding hydrogens is 419 g/mol. The van der Waals surface area contributed by atoms with Gasteiger partial charge in [0.2, 0.25) is 0 Å². The molecule has 0 aliphatic carbocycles. The molecule has 4 nitrogen and oxygen atoms in total. The van der Waals surface area contributed by atoms with Crippen LogP contribution in [0.3, 0.4) is 0 Å². The van der Waals surface area contributed by atoms with E-state index in [9.17, 15) is 0 Å². The Hall–Kier alpha value is -1.46. The Morgan fingerprint density at radius 3 is 1.37 bits per heavy atom. The van der Waals surface area contributed by atoms with E-state index in [1.165, 1.54) is 11.1 Å². The van der Waals surface area contributed by atoms with Gasteiger partial charge in [-0.3, -0.25) is 0 Å². The lowest BCUT2D eigenvalue weighted by molar-refractivity contribution is 0.341. The van der Waals surface area contributed by atoms with E-state index >= 15 is 0 Å². The highest BCUT2D eigenvalue weighted by molar-refractivity contribution is 5.85. The maximum Gasteiger partial charge on any atom is 0.123 e. The van der Waals surface area contributed by atoms with Gasteiger partial charge in [-0.05, 0) is 38.1 Å². The predicted molar refractivity (Wildman–Crippen MR) is 132 cm³/mol. The lowest BCUT2D eigenvalue weighted by Gasteiger charge is -2.32. The van der Waals surface area contributed by atoms with Crippen molar-refractivity contribution in [1.82, 2.24) is 10.6 Å². The molecule has 0 spiro atoms. The summed E-state index contributed by atoms with van der Waals surface area (Å²) in [5.41, 5.74) is 2.34. The largest absolute Gasteiger partial charge is 0.496 e. The molecule has 0 radical (unpaired) electrons. The Balaban J connectivity index is 0.00000420. The summed E-state index contributed by atoms with van der Waals surface area (Å²) in [4.78, 5) is 0. The van der Waals surface area contributed by atoms with Crippen molar-refractivity contribution < 1.29 is 9.47 Å². The minimum Gasteiger partial charge on any atom is -0.496 e. The second-order valence-electron chi connectivity index (χ2n) is 7.05. The molecule has 0 bridgehead atoms. The van der Waals surface area contributed by atoms with Crippen LogP contribution in [0.25, 0.3) is 0 Å². The van der Waals surface area contributed by atoms with Gasteiger partial charge in [-0.2, -0.15) is 0 Å². The summed E-state index contributed by atoms with van der Waals surface area (Å²) < 4.78 is 11.4. The van der Waals surface area contributed by atoms with Gasteiger partial charge in [-0.1, -0.05) is 63.1 Å². The van der Waals surface area contributed by atoms with Crippen LogP contribution in [-0.2, 0) is 0 Å². The van der Waals surface area contributed by atoms with E-state index in [0.29, 0.717) is 0 Å². The summed E-state index contributed by atoms with van der Waals surface area (Å²) in [5, 5.41) is 7.58. The van der Waals surface area contributed by atoms with Crippen molar-refractivity contribution in [2.45, 2.75) is 51.6 Å². The minimum absolute atomic E-state index is 0. The molecule has 2 aromatic carbocycles. The van der Waals surface area contributed by atoms with Gasteiger partial charge in [0.15, 0.2) is 0 Å². The smallest absolute Gasteiger partial charge is 0.123 e. The van der Waals surface area contributed by atoms with Gasteiger partial charge in [0, 0.05) is 11.1 Å². The molecule has 2 rings (SSSR count). The van der Waals surface area contributed by atoms with Gasteiger partial charge in [-0.25, -0.2) is 0 Å². The average Bonchev–Trinajstić information content (AvgIpc) is 2.75. The van der Waals surface area contributed by atoms with Gasteiger partial charge in [0.1, 0.15) is 11.5 Å². The van der Waals surface area contributed by atoms with E-state index < -0.39 is 0 Å². The number of hydrogen-bond acceptors (Lipinski definition) is 4. The molecule has 2 atom stereocenters. The first-order valence-corrected chi connectivity index (χ1v) is 10.5. The third-order valence-corrected chi connectivity index (χ3v) is 5.07. The molecule has 0 aliphatic rings. The third-order valence-electron chi connectivity index (χ3n) is 5.07. The third kappa shape index (κ3) is 7.99. The fourth-order valence-corrected chi connectivity index (χ4v) is 3.53. The number of ether oxygens (including phenoxy) is 2. The quantitative estimate of drug-likeness (QED) is 0.356. The highest BCUT2D eigenvalue weighted by Crippen LogP contribution is 2.37. The van der Waals surface area contributed by atoms with E-state index in [1.807, 2.05) is 24.3 Å². The molecule has 2 unspecified atom stereocenters. The highest BCUT2D eigenvalue weighted by atomic mass is 35.5. The standard InChI is InChI=1S/C24H36N2O2.2ClH/c1-5-7-17-25-23(19-13-9-11-15-21(19)27-3)24(26-18-8-6-2)20-14-10-12-16-22(20)28-4;;/h9-16,23-26H,5-8,17-18H2,1-4H3;2*1H. The number of nitrogens with one attached hydrogen (secondary N) is 2. The van der Waals surface area contributed by atoms with Crippen LogP contribution in [0.15, 0.2) is 48.5 Å². The Morgan fingerprint density at radius 2 is 1.03 bits per heavy atom. The van der Waals surface area contributed by atoms with E-state index in [0.717, 1.165) is 50.3 Å². The molecule has 6 heteroatoms. The van der Waals surface area contributed by atoms with Crippen molar-refractivity contribution in [2.75, 3.05) is 27.3 Å². The van der Waals surface area contributed by atoms with E-state index in [1.54, 1.807) is 14.2 Å². The zero-order chi connectivity index (χ0) is 20.2. The number of unbranched alkanes of at least 4 members (excludes halogenated alkanes) is 2.